The van der Waals surface area contributed by atoms with E-state index in [0.29, 0.717) is 73.4 Å². The molecule has 0 radical (unpaired) electrons. The molecule has 0 saturated heterocycles. The van der Waals surface area contributed by atoms with Crippen molar-refractivity contribution in [2.24, 2.45) is 0 Å². The molecule has 0 aromatic heterocycles. The van der Waals surface area contributed by atoms with Crippen molar-refractivity contribution in [3.05, 3.63) is 119 Å². The second-order valence-corrected chi connectivity index (χ2v) is 24.5. The fraction of sp³-hybridized carbons (Fsp3) is 0.456. The Morgan fingerprint density at radius 3 is 1.06 bits per heavy atom. The molecule has 0 heterocycles. The zero-order chi connectivity index (χ0) is 67.1. The lowest BCUT2D eigenvalue weighted by atomic mass is 10.1. The summed E-state index contributed by atoms with van der Waals surface area (Å²) in [5.74, 6) is -4.15. The van der Waals surface area contributed by atoms with Gasteiger partial charge in [0.2, 0.25) is 5.91 Å². The van der Waals surface area contributed by atoms with Crippen molar-refractivity contribution in [3.63, 3.8) is 0 Å². The van der Waals surface area contributed by atoms with Gasteiger partial charge < -0.3 is 55.8 Å². The zero-order valence-electron chi connectivity index (χ0n) is 49.2. The average molecular weight is 1410 g/mol. The molecule has 7 N–H and O–H groups in total. The Labute approximate surface area is 549 Å². The first kappa shape index (κ1) is 80.9. The lowest BCUT2D eigenvalue weighted by Gasteiger charge is -2.23. The van der Waals surface area contributed by atoms with E-state index in [9.17, 15) is 50.4 Å². The fourth-order valence-electron chi connectivity index (χ4n) is 7.63. The number of carboxylic acids is 5. The lowest BCUT2D eigenvalue weighted by Crippen LogP contribution is -2.41. The number of nitrogens with one attached hydrogen (secondary N) is 2. The normalized spacial score (nSPS) is 11.5. The van der Waals surface area contributed by atoms with Crippen LogP contribution in [0, 0.1) is 6.92 Å². The number of carbonyl (C=O) groups excluding carboxylic acids is 2. The maximum atomic E-state index is 12.3. The van der Waals surface area contributed by atoms with Crippen molar-refractivity contribution in [3.8, 4) is 0 Å². The van der Waals surface area contributed by atoms with Crippen LogP contribution in [-0.4, -0.2) is 209 Å². The molecule has 0 aliphatic rings. The lowest BCUT2D eigenvalue weighted by molar-refractivity contribution is -0.143. The summed E-state index contributed by atoms with van der Waals surface area (Å²) in [5, 5.41) is 48.9. The summed E-state index contributed by atoms with van der Waals surface area (Å²) in [6, 6.07) is 25.5. The minimum Gasteiger partial charge on any atom is -0.481 e. The third-order valence-corrected chi connectivity index (χ3v) is 14.2. The molecule has 0 aliphatic heterocycles. The summed E-state index contributed by atoms with van der Waals surface area (Å²) in [5.41, 5.74) is 5.90. The summed E-state index contributed by atoms with van der Waals surface area (Å²) in [7, 11) is -7.03. The number of aryl methyl sites for hydroxylation is 1. The highest BCUT2D eigenvalue weighted by molar-refractivity contribution is 7.86. The Morgan fingerprint density at radius 2 is 0.753 bits per heavy atom. The van der Waals surface area contributed by atoms with Gasteiger partial charge in [0.1, 0.15) is 12.1 Å². The van der Waals surface area contributed by atoms with Gasteiger partial charge in [-0.1, -0.05) is 29.8 Å². The zero-order valence-corrected chi connectivity index (χ0v) is 55.3. The molecule has 4 aromatic carbocycles. The van der Waals surface area contributed by atoms with E-state index >= 15 is 0 Å². The maximum Gasteiger partial charge on any atom is 0.335 e. The average Bonchev–Trinajstić information content (AvgIpc) is 2.95. The summed E-state index contributed by atoms with van der Waals surface area (Å²) < 4.78 is 53.3. The van der Waals surface area contributed by atoms with Gasteiger partial charge in [0.25, 0.3) is 26.1 Å². The van der Waals surface area contributed by atoms with Gasteiger partial charge in [-0.05, 0) is 98.1 Å². The van der Waals surface area contributed by atoms with Crippen molar-refractivity contribution in [2.45, 2.75) is 51.1 Å². The monoisotopic (exact) mass is 1410 g/mol. The predicted octanol–water partition coefficient (Wildman–Crippen LogP) is 7.39. The molecule has 32 heteroatoms. The number of carbonyl (C=O) groups is 7. The quantitative estimate of drug-likeness (QED) is 0.0170. The molecule has 0 bridgehead atoms. The molecule has 24 nitrogen and oxygen atoms in total. The second kappa shape index (κ2) is 44.4. The first-order valence-corrected chi connectivity index (χ1v) is 34.0. The number of aromatic carboxylic acids is 1. The van der Waals surface area contributed by atoms with E-state index in [1.54, 1.807) is 41.3 Å². The van der Waals surface area contributed by atoms with Crippen LogP contribution in [0.4, 0.5) is 22.7 Å². The number of hydrogen-bond donors (Lipinski definition) is 7. The van der Waals surface area contributed by atoms with Gasteiger partial charge in [0.15, 0.2) is 0 Å². The van der Waals surface area contributed by atoms with E-state index in [0.717, 1.165) is 37.0 Å². The third-order valence-electron chi connectivity index (χ3n) is 12.0. The molecule has 2 amide bonds. The minimum absolute atomic E-state index is 0.00213. The van der Waals surface area contributed by atoms with Crippen LogP contribution in [0.15, 0.2) is 97.1 Å². The van der Waals surface area contributed by atoms with Gasteiger partial charge in [0, 0.05) is 129 Å². The van der Waals surface area contributed by atoms with E-state index in [4.69, 9.17) is 99.3 Å². The molecule has 0 unspecified atom stereocenters. The molecule has 0 spiro atoms. The number of benzene rings is 4. The Kier molecular flexibility index (Phi) is 40.4. The Bertz CT molecular complexity index is 3000. The SMILES string of the molecule is CS(=O)(=O)OCCN(CCCl)c1ccc(C(=O)N[C@@H](CCC(=O)O)C(=O)O)cc1.CS(=O)(=O)OCCN(CCCl)c1ccc(C(=O)O)cc1.Cc1ccc(N(CCCl)CCCl)cc1.O=C(O)CC[C@H](NC(=O)Cc1ccc(N(CCCl)CCCl)cc1)C(=O)O. The maximum absolute atomic E-state index is 12.3. The van der Waals surface area contributed by atoms with Crippen LogP contribution in [0.3, 0.4) is 0 Å². The number of amides is 2. The first-order valence-electron chi connectivity index (χ1n) is 27.1. The number of anilines is 4. The highest BCUT2D eigenvalue weighted by Crippen LogP contribution is 2.20. The van der Waals surface area contributed by atoms with E-state index in [2.05, 4.69) is 50.9 Å². The van der Waals surface area contributed by atoms with Crippen LogP contribution >= 0.6 is 69.6 Å². The van der Waals surface area contributed by atoms with Crippen molar-refractivity contribution in [1.82, 2.24) is 10.6 Å². The van der Waals surface area contributed by atoms with Crippen LogP contribution in [0.25, 0.3) is 0 Å². The molecule has 2 atom stereocenters. The van der Waals surface area contributed by atoms with Crippen LogP contribution in [-0.2, 0) is 59.0 Å². The van der Waals surface area contributed by atoms with Crippen LogP contribution < -0.4 is 30.2 Å². The highest BCUT2D eigenvalue weighted by Gasteiger charge is 2.23. The Balaban J connectivity index is 0.000000611. The first-order chi connectivity index (χ1) is 42.0. The van der Waals surface area contributed by atoms with E-state index in [1.165, 1.54) is 35.5 Å². The molecule has 0 fully saturated rings. The summed E-state index contributed by atoms with van der Waals surface area (Å²) in [6.45, 7) is 6.52. The second-order valence-electron chi connectivity index (χ2n) is 18.9. The van der Waals surface area contributed by atoms with Gasteiger partial charge >= 0.3 is 29.8 Å². The molecule has 89 heavy (non-hydrogen) atoms. The van der Waals surface area contributed by atoms with Gasteiger partial charge in [-0.15, -0.1) is 69.6 Å². The van der Waals surface area contributed by atoms with E-state index in [-0.39, 0.29) is 68.9 Å². The smallest absolute Gasteiger partial charge is 0.335 e. The van der Waals surface area contributed by atoms with E-state index in [1.807, 2.05) is 21.9 Å². The summed E-state index contributed by atoms with van der Waals surface area (Å²) >= 11 is 34.5. The molecule has 0 aliphatic carbocycles. The summed E-state index contributed by atoms with van der Waals surface area (Å²) in [6.07, 6.45) is 0.817. The fourth-order valence-corrected chi connectivity index (χ4v) is 9.61. The largest absolute Gasteiger partial charge is 0.481 e. The predicted molar refractivity (Wildman–Crippen MR) is 348 cm³/mol. The summed E-state index contributed by atoms with van der Waals surface area (Å²) in [4.78, 5) is 86.3. The van der Waals surface area contributed by atoms with Gasteiger partial charge in [-0.3, -0.25) is 27.5 Å². The van der Waals surface area contributed by atoms with Crippen LogP contribution in [0.2, 0.25) is 0 Å². The number of hydrogen-bond acceptors (Lipinski definition) is 17. The number of nitrogens with zero attached hydrogens (tertiary/aromatic N) is 4. The third kappa shape index (κ3) is 36.4. The van der Waals surface area contributed by atoms with Gasteiger partial charge in [0.05, 0.1) is 37.7 Å². The Morgan fingerprint density at radius 1 is 0.449 bits per heavy atom. The van der Waals surface area contributed by atoms with Crippen LogP contribution in [0.1, 0.15) is 57.5 Å². The van der Waals surface area contributed by atoms with Crippen LogP contribution in [0.5, 0.6) is 0 Å². The standard InChI is InChI=1S/C17H22Cl2N2O5.C17H23ClN2O8S.C12H16ClNO5S.C11H15Cl2N/c18-7-9-21(10-8-19)13-3-1-12(2-4-13)11-15(22)20-14(17(25)26)5-6-16(23)24;1-29(26,27)28-11-10-20(9-8-18)13-4-2-12(3-5-13)16(23)19-14(17(24)25)6-7-15(21)22;1-20(17,18)19-9-8-14(7-6-13)11-4-2-10(3-5-11)12(15)16;1-10-2-4-11(5-3-10)14(8-6-12)9-7-13/h1-4,14H,5-11H2,(H,20,22)(H,23,24)(H,25,26);2-5,14H,6-11H2,1H3,(H,19,23)(H,21,22)(H,24,25);2-5H,6-9H2,1H3,(H,15,16);2-5H,6-9H2,1H3/t2*14-;;/m00../s1. The number of alkyl halides is 6. The van der Waals surface area contributed by atoms with Gasteiger partial charge in [-0.25, -0.2) is 14.4 Å². The molecular weight excluding hydrogens is 1330 g/mol. The Hall–Kier alpha value is -6.07. The van der Waals surface area contributed by atoms with Crippen molar-refractivity contribution < 1.29 is 84.3 Å². The van der Waals surface area contributed by atoms with E-state index < -0.39 is 74.0 Å². The van der Waals surface area contributed by atoms with Crippen molar-refractivity contribution in [2.75, 3.05) is 133 Å². The molecular formula is C57H76Cl6N6O18S2. The molecule has 496 valence electrons. The van der Waals surface area contributed by atoms with Gasteiger partial charge in [-0.2, -0.15) is 16.8 Å². The highest BCUT2D eigenvalue weighted by atomic mass is 35.5. The number of rotatable bonds is 38. The number of carboxylic acid groups (broad SMARTS) is 5. The topological polar surface area (TPSA) is 344 Å². The molecule has 4 aromatic rings. The number of halogens is 6. The van der Waals surface area contributed by atoms with Crippen molar-refractivity contribution >= 4 is 154 Å². The number of aliphatic carboxylic acids is 4. The molecule has 4 rings (SSSR count). The molecule has 0 saturated carbocycles. The minimum atomic E-state index is -3.56. The van der Waals surface area contributed by atoms with Crippen molar-refractivity contribution in [1.29, 1.82) is 0 Å².